The van der Waals surface area contributed by atoms with E-state index in [2.05, 4.69) is 30.6 Å². The largest absolute Gasteiger partial charge is 0.460 e. The molecular formula is C18H24N2O5S. The van der Waals surface area contributed by atoms with E-state index in [1.165, 1.54) is 19.4 Å². The molecule has 142 valence electrons. The van der Waals surface area contributed by atoms with Crippen LogP contribution in [0.4, 0.5) is 0 Å². The van der Waals surface area contributed by atoms with E-state index in [1.807, 2.05) is 24.3 Å². The number of hydrogen-bond donors (Lipinski definition) is 1. The van der Waals surface area contributed by atoms with Crippen LogP contribution in [0.15, 0.2) is 33.7 Å². The average molecular weight is 380 g/mol. The first-order chi connectivity index (χ1) is 12.0. The van der Waals surface area contributed by atoms with Crippen LogP contribution in [0.25, 0.3) is 0 Å². The Balaban J connectivity index is 1.89. The van der Waals surface area contributed by atoms with E-state index in [0.717, 1.165) is 5.56 Å². The summed E-state index contributed by atoms with van der Waals surface area (Å²) >= 11 is 0. The van der Waals surface area contributed by atoms with E-state index in [-0.39, 0.29) is 28.4 Å². The van der Waals surface area contributed by atoms with Gasteiger partial charge < -0.3 is 9.26 Å². The second-order valence-electron chi connectivity index (χ2n) is 7.09. The molecule has 0 aliphatic rings. The number of nitrogens with one attached hydrogen (secondary N) is 1. The molecule has 1 aromatic heterocycles. The van der Waals surface area contributed by atoms with E-state index in [0.29, 0.717) is 0 Å². The van der Waals surface area contributed by atoms with Crippen molar-refractivity contribution in [3.05, 3.63) is 46.8 Å². The van der Waals surface area contributed by atoms with Gasteiger partial charge in [0, 0.05) is 0 Å². The van der Waals surface area contributed by atoms with Gasteiger partial charge in [0.25, 0.3) is 0 Å². The lowest BCUT2D eigenvalue weighted by Gasteiger charge is -2.19. The number of carbonyl (C=O) groups excluding carboxylic acids is 1. The number of ether oxygens (including phenoxy) is 1. The number of hydrogen-bond acceptors (Lipinski definition) is 6. The maximum Gasteiger partial charge on any atom is 0.321 e. The van der Waals surface area contributed by atoms with Crippen LogP contribution in [0.1, 0.15) is 43.4 Å². The first-order valence-corrected chi connectivity index (χ1v) is 9.66. The molecule has 7 nitrogen and oxygen atoms in total. The summed E-state index contributed by atoms with van der Waals surface area (Å²) in [5.41, 5.74) is 2.30. The highest BCUT2D eigenvalue weighted by Crippen LogP contribution is 2.22. The van der Waals surface area contributed by atoms with Gasteiger partial charge in [-0.1, -0.05) is 50.2 Å². The summed E-state index contributed by atoms with van der Waals surface area (Å²) in [5, 5.41) is 3.60. The first-order valence-electron chi connectivity index (χ1n) is 8.18. The Morgan fingerprint density at radius 2 is 1.81 bits per heavy atom. The van der Waals surface area contributed by atoms with Crippen LogP contribution in [-0.4, -0.2) is 26.1 Å². The van der Waals surface area contributed by atoms with Crippen molar-refractivity contribution in [2.75, 3.05) is 6.54 Å². The molecule has 0 saturated heterocycles. The molecule has 0 saturated carbocycles. The molecule has 1 aromatic carbocycles. The van der Waals surface area contributed by atoms with E-state index >= 15 is 0 Å². The number of esters is 1. The Labute approximate surface area is 153 Å². The quantitative estimate of drug-likeness (QED) is 0.774. The minimum atomic E-state index is -3.89. The molecule has 0 radical (unpaired) electrons. The summed E-state index contributed by atoms with van der Waals surface area (Å²) in [6.07, 6.45) is 0. The van der Waals surface area contributed by atoms with Crippen molar-refractivity contribution >= 4 is 16.0 Å². The van der Waals surface area contributed by atoms with Gasteiger partial charge in [-0.2, -0.15) is 4.72 Å². The van der Waals surface area contributed by atoms with Crippen molar-refractivity contribution in [1.29, 1.82) is 0 Å². The molecular weight excluding hydrogens is 356 g/mol. The molecule has 0 bridgehead atoms. The number of aryl methyl sites for hydroxylation is 2. The lowest BCUT2D eigenvalue weighted by Crippen LogP contribution is -2.31. The predicted octanol–water partition coefficient (Wildman–Crippen LogP) is 2.61. The maximum atomic E-state index is 12.2. The third-order valence-corrected chi connectivity index (χ3v) is 5.51. The Bertz CT molecular complexity index is 858. The number of carbonyl (C=O) groups is 1. The van der Waals surface area contributed by atoms with E-state index in [4.69, 9.17) is 9.26 Å². The van der Waals surface area contributed by atoms with Gasteiger partial charge in [0.15, 0.2) is 5.76 Å². The minimum absolute atomic E-state index is 0.0473. The maximum absolute atomic E-state index is 12.2. The van der Waals surface area contributed by atoms with Crippen LogP contribution in [0, 0.1) is 13.8 Å². The molecule has 1 heterocycles. The normalized spacial score (nSPS) is 12.2. The second kappa shape index (κ2) is 7.59. The number of benzene rings is 1. The number of nitrogens with zero attached hydrogens (tertiary/aromatic N) is 1. The van der Waals surface area contributed by atoms with Crippen molar-refractivity contribution in [1.82, 2.24) is 9.88 Å². The van der Waals surface area contributed by atoms with Crippen molar-refractivity contribution in [3.8, 4) is 0 Å². The number of aromatic nitrogens is 1. The van der Waals surface area contributed by atoms with Gasteiger partial charge in [-0.3, -0.25) is 4.79 Å². The highest BCUT2D eigenvalue weighted by atomic mass is 32.2. The highest BCUT2D eigenvalue weighted by molar-refractivity contribution is 7.89. The topological polar surface area (TPSA) is 98.5 Å². The Hall–Kier alpha value is -2.19. The fourth-order valence-electron chi connectivity index (χ4n) is 2.40. The Morgan fingerprint density at radius 3 is 2.31 bits per heavy atom. The van der Waals surface area contributed by atoms with Crippen molar-refractivity contribution in [2.24, 2.45) is 0 Å². The molecule has 0 atom stereocenters. The van der Waals surface area contributed by atoms with Crippen LogP contribution in [0.3, 0.4) is 0 Å². The van der Waals surface area contributed by atoms with E-state index < -0.39 is 22.5 Å². The summed E-state index contributed by atoms with van der Waals surface area (Å²) in [6.45, 7) is 8.98. The molecule has 0 spiro atoms. The van der Waals surface area contributed by atoms with Crippen LogP contribution in [-0.2, 0) is 31.6 Å². The van der Waals surface area contributed by atoms with Crippen LogP contribution >= 0.6 is 0 Å². The molecule has 0 fully saturated rings. The van der Waals surface area contributed by atoms with Crippen LogP contribution < -0.4 is 4.72 Å². The third-order valence-electron chi connectivity index (χ3n) is 3.86. The highest BCUT2D eigenvalue weighted by Gasteiger charge is 2.24. The molecule has 26 heavy (non-hydrogen) atoms. The van der Waals surface area contributed by atoms with E-state index in [9.17, 15) is 13.2 Å². The zero-order valence-electron chi connectivity index (χ0n) is 15.6. The third kappa shape index (κ3) is 4.92. The molecule has 0 aliphatic heterocycles. The Morgan fingerprint density at radius 1 is 1.19 bits per heavy atom. The van der Waals surface area contributed by atoms with Gasteiger partial charge in [-0.05, 0) is 30.4 Å². The molecule has 0 unspecified atom stereocenters. The smallest absolute Gasteiger partial charge is 0.321 e. The number of rotatable bonds is 6. The first kappa shape index (κ1) is 20.1. The number of sulfonamides is 1. The lowest BCUT2D eigenvalue weighted by molar-refractivity contribution is -0.143. The molecule has 2 aromatic rings. The molecule has 2 rings (SSSR count). The summed E-state index contributed by atoms with van der Waals surface area (Å²) in [7, 11) is -3.89. The predicted molar refractivity (Wildman–Crippen MR) is 96.1 cm³/mol. The fourth-order valence-corrected chi connectivity index (χ4v) is 3.69. The van der Waals surface area contributed by atoms with Gasteiger partial charge in [0.05, 0.1) is 0 Å². The molecule has 1 N–H and O–H groups in total. The second-order valence-corrected chi connectivity index (χ2v) is 8.79. The zero-order valence-corrected chi connectivity index (χ0v) is 16.4. The minimum Gasteiger partial charge on any atom is -0.460 e. The van der Waals surface area contributed by atoms with E-state index in [1.54, 1.807) is 0 Å². The van der Waals surface area contributed by atoms with Gasteiger partial charge in [-0.15, -0.1) is 0 Å². The lowest BCUT2D eigenvalue weighted by atomic mass is 9.87. The fraction of sp³-hybridized carbons (Fsp3) is 0.444. The monoisotopic (exact) mass is 380 g/mol. The van der Waals surface area contributed by atoms with Crippen molar-refractivity contribution in [2.45, 2.75) is 51.5 Å². The molecule has 0 amide bonds. The average Bonchev–Trinajstić information content (AvgIpc) is 2.90. The van der Waals surface area contributed by atoms with Gasteiger partial charge in [-0.25, -0.2) is 8.42 Å². The van der Waals surface area contributed by atoms with Crippen molar-refractivity contribution in [3.63, 3.8) is 0 Å². The zero-order chi connectivity index (χ0) is 19.5. The van der Waals surface area contributed by atoms with Crippen LogP contribution in [0.5, 0.6) is 0 Å². The summed E-state index contributed by atoms with van der Waals surface area (Å²) in [6, 6.07) is 7.76. The standard InChI is InChI=1S/C18H24N2O5S/c1-12-17(13(2)25-20-12)26(22,23)19-10-16(21)24-11-14-6-8-15(9-7-14)18(3,4)5/h6-9,19H,10-11H2,1-5H3. The summed E-state index contributed by atoms with van der Waals surface area (Å²) in [4.78, 5) is 11.8. The molecule has 0 aliphatic carbocycles. The van der Waals surface area contributed by atoms with Crippen molar-refractivity contribution < 1.29 is 22.5 Å². The summed E-state index contributed by atoms with van der Waals surface area (Å²) < 4.78 is 36.6. The SMILES string of the molecule is Cc1noc(C)c1S(=O)(=O)NCC(=O)OCc1ccc(C(C)(C)C)cc1. The Kier molecular flexibility index (Phi) is 5.87. The van der Waals surface area contributed by atoms with Gasteiger partial charge >= 0.3 is 5.97 Å². The summed E-state index contributed by atoms with van der Waals surface area (Å²) in [5.74, 6) is -0.498. The van der Waals surface area contributed by atoms with Crippen LogP contribution in [0.2, 0.25) is 0 Å². The van der Waals surface area contributed by atoms with Gasteiger partial charge in [0.2, 0.25) is 10.0 Å². The van der Waals surface area contributed by atoms with Gasteiger partial charge in [0.1, 0.15) is 23.7 Å². The molecule has 8 heteroatoms.